The number of pyridine rings is 1. The lowest BCUT2D eigenvalue weighted by atomic mass is 10.2. The number of nitrogens with zero attached hydrogens (tertiary/aromatic N) is 1. The largest absolute Gasteiger partial charge is 0.465 e. The van der Waals surface area contributed by atoms with Gasteiger partial charge in [-0.3, -0.25) is 0 Å². The molecular formula is C13H10Br2N2O2. The highest BCUT2D eigenvalue weighted by Gasteiger charge is 2.05. The highest BCUT2D eigenvalue weighted by Crippen LogP contribution is 2.23. The van der Waals surface area contributed by atoms with E-state index >= 15 is 0 Å². The van der Waals surface area contributed by atoms with Crippen LogP contribution < -0.4 is 5.32 Å². The van der Waals surface area contributed by atoms with Crippen molar-refractivity contribution in [2.75, 3.05) is 12.4 Å². The minimum atomic E-state index is -0.346. The third-order valence-corrected chi connectivity index (χ3v) is 3.17. The van der Waals surface area contributed by atoms with Crippen LogP contribution in [0.3, 0.4) is 0 Å². The fraction of sp³-hybridized carbons (Fsp3) is 0.0769. The summed E-state index contributed by atoms with van der Waals surface area (Å²) in [6.07, 6.45) is 0. The molecule has 98 valence electrons. The van der Waals surface area contributed by atoms with Crippen LogP contribution in [-0.2, 0) is 4.74 Å². The number of carbonyl (C=O) groups is 1. The summed E-state index contributed by atoms with van der Waals surface area (Å²) >= 11 is 6.65. The van der Waals surface area contributed by atoms with Crippen molar-refractivity contribution in [3.63, 3.8) is 0 Å². The number of rotatable bonds is 3. The molecule has 1 heterocycles. The van der Waals surface area contributed by atoms with Crippen molar-refractivity contribution in [2.45, 2.75) is 0 Å². The Kier molecular flexibility index (Phi) is 4.55. The van der Waals surface area contributed by atoms with Gasteiger partial charge in [-0.1, -0.05) is 0 Å². The molecule has 4 nitrogen and oxygen atoms in total. The zero-order chi connectivity index (χ0) is 13.8. The first-order chi connectivity index (χ1) is 9.08. The Labute approximate surface area is 127 Å². The number of nitrogens with one attached hydrogen (secondary N) is 1. The Bertz CT molecular complexity index is 580. The first kappa shape index (κ1) is 14.0. The lowest BCUT2D eigenvalue weighted by Gasteiger charge is -2.08. The maximum atomic E-state index is 11.3. The van der Waals surface area contributed by atoms with Gasteiger partial charge in [0.15, 0.2) is 0 Å². The van der Waals surface area contributed by atoms with Gasteiger partial charge in [0, 0.05) is 11.4 Å². The van der Waals surface area contributed by atoms with Crippen LogP contribution in [0.15, 0.2) is 45.6 Å². The maximum absolute atomic E-state index is 11.3. The van der Waals surface area contributed by atoms with E-state index in [1.165, 1.54) is 7.11 Å². The van der Waals surface area contributed by atoms with E-state index < -0.39 is 0 Å². The van der Waals surface area contributed by atoms with Crippen LogP contribution in [0.25, 0.3) is 0 Å². The maximum Gasteiger partial charge on any atom is 0.337 e. The van der Waals surface area contributed by atoms with Crippen LogP contribution in [0.2, 0.25) is 0 Å². The Morgan fingerprint density at radius 2 is 1.68 bits per heavy atom. The summed E-state index contributed by atoms with van der Waals surface area (Å²) in [5.74, 6) is -0.346. The number of carbonyl (C=O) groups excluding carboxylic acids is 1. The van der Waals surface area contributed by atoms with Gasteiger partial charge in [-0.25, -0.2) is 9.78 Å². The second-order valence-corrected chi connectivity index (χ2v) is 5.32. The Balaban J connectivity index is 2.17. The van der Waals surface area contributed by atoms with Crippen LogP contribution in [0.5, 0.6) is 0 Å². The lowest BCUT2D eigenvalue weighted by molar-refractivity contribution is 0.0601. The molecule has 0 atom stereocenters. The fourth-order valence-corrected chi connectivity index (χ4v) is 2.62. The molecule has 2 rings (SSSR count). The number of aromatic nitrogens is 1. The fourth-order valence-electron chi connectivity index (χ4n) is 1.51. The summed E-state index contributed by atoms with van der Waals surface area (Å²) in [4.78, 5) is 15.5. The molecule has 0 unspecified atom stereocenters. The summed E-state index contributed by atoms with van der Waals surface area (Å²) in [5, 5.41) is 3.22. The van der Waals surface area contributed by atoms with E-state index in [4.69, 9.17) is 0 Å². The number of hydrogen-bond donors (Lipinski definition) is 1. The van der Waals surface area contributed by atoms with Gasteiger partial charge in [0.25, 0.3) is 0 Å². The summed E-state index contributed by atoms with van der Waals surface area (Å²) < 4.78 is 6.11. The molecule has 1 aromatic carbocycles. The molecule has 0 bridgehead atoms. The van der Waals surface area contributed by atoms with Crippen molar-refractivity contribution in [1.29, 1.82) is 0 Å². The molecule has 0 aliphatic rings. The number of halogens is 2. The van der Waals surface area contributed by atoms with E-state index in [1.54, 1.807) is 12.1 Å². The van der Waals surface area contributed by atoms with Gasteiger partial charge in [0.05, 0.1) is 12.7 Å². The zero-order valence-electron chi connectivity index (χ0n) is 9.98. The predicted molar refractivity (Wildman–Crippen MR) is 80.7 cm³/mol. The second kappa shape index (κ2) is 6.16. The molecule has 1 aromatic heterocycles. The number of methoxy groups -OCH3 is 1. The lowest BCUT2D eigenvalue weighted by Crippen LogP contribution is -2.01. The molecule has 0 aliphatic carbocycles. The van der Waals surface area contributed by atoms with Crippen LogP contribution in [0, 0.1) is 0 Å². The van der Waals surface area contributed by atoms with E-state index in [2.05, 4.69) is 46.9 Å². The quantitative estimate of drug-likeness (QED) is 0.637. The van der Waals surface area contributed by atoms with Crippen molar-refractivity contribution in [3.8, 4) is 0 Å². The molecule has 19 heavy (non-hydrogen) atoms. The molecule has 0 saturated carbocycles. The minimum absolute atomic E-state index is 0.346. The van der Waals surface area contributed by atoms with E-state index in [9.17, 15) is 4.79 Å². The minimum Gasteiger partial charge on any atom is -0.465 e. The topological polar surface area (TPSA) is 51.2 Å². The summed E-state index contributed by atoms with van der Waals surface area (Å²) in [5.41, 5.74) is 2.28. The average Bonchev–Trinajstić information content (AvgIpc) is 2.37. The Morgan fingerprint density at radius 1 is 1.11 bits per heavy atom. The SMILES string of the molecule is COC(=O)c1ccc(Nc2cc(Br)nc(Br)c2)cc1. The Hall–Kier alpha value is -1.40. The highest BCUT2D eigenvalue weighted by molar-refractivity contribution is 9.11. The van der Waals surface area contributed by atoms with Crippen molar-refractivity contribution in [2.24, 2.45) is 0 Å². The average molecular weight is 386 g/mol. The number of esters is 1. The van der Waals surface area contributed by atoms with Gasteiger partial charge >= 0.3 is 5.97 Å². The van der Waals surface area contributed by atoms with Gasteiger partial charge in [-0.05, 0) is 68.3 Å². The highest BCUT2D eigenvalue weighted by atomic mass is 79.9. The van der Waals surface area contributed by atoms with Gasteiger partial charge in [-0.15, -0.1) is 0 Å². The third-order valence-electron chi connectivity index (χ3n) is 2.36. The molecular weight excluding hydrogens is 376 g/mol. The monoisotopic (exact) mass is 384 g/mol. The van der Waals surface area contributed by atoms with Crippen LogP contribution >= 0.6 is 31.9 Å². The van der Waals surface area contributed by atoms with Crippen molar-refractivity contribution in [1.82, 2.24) is 4.98 Å². The van der Waals surface area contributed by atoms with Crippen molar-refractivity contribution < 1.29 is 9.53 Å². The van der Waals surface area contributed by atoms with E-state index in [1.807, 2.05) is 24.3 Å². The molecule has 1 N–H and O–H groups in total. The first-order valence-corrected chi connectivity index (χ1v) is 6.95. The molecule has 0 aliphatic heterocycles. The zero-order valence-corrected chi connectivity index (χ0v) is 13.2. The van der Waals surface area contributed by atoms with E-state index in [0.717, 1.165) is 20.6 Å². The molecule has 0 amide bonds. The normalized spacial score (nSPS) is 10.1. The van der Waals surface area contributed by atoms with Gasteiger partial charge < -0.3 is 10.1 Å². The number of benzene rings is 1. The third kappa shape index (κ3) is 3.78. The summed E-state index contributed by atoms with van der Waals surface area (Å²) in [6, 6.07) is 10.8. The summed E-state index contributed by atoms with van der Waals surface area (Å²) in [7, 11) is 1.36. The molecule has 0 saturated heterocycles. The number of ether oxygens (including phenoxy) is 1. The number of anilines is 2. The molecule has 0 spiro atoms. The van der Waals surface area contributed by atoms with Crippen LogP contribution in [-0.4, -0.2) is 18.1 Å². The van der Waals surface area contributed by atoms with Gasteiger partial charge in [0.2, 0.25) is 0 Å². The second-order valence-electron chi connectivity index (χ2n) is 3.70. The molecule has 0 radical (unpaired) electrons. The number of hydrogen-bond acceptors (Lipinski definition) is 4. The van der Waals surface area contributed by atoms with E-state index in [-0.39, 0.29) is 5.97 Å². The molecule has 6 heteroatoms. The Morgan fingerprint density at radius 3 is 2.21 bits per heavy atom. The van der Waals surface area contributed by atoms with E-state index in [0.29, 0.717) is 5.56 Å². The smallest absolute Gasteiger partial charge is 0.337 e. The summed E-state index contributed by atoms with van der Waals surface area (Å²) in [6.45, 7) is 0. The molecule has 0 fully saturated rings. The van der Waals surface area contributed by atoms with Crippen molar-refractivity contribution in [3.05, 3.63) is 51.2 Å². The van der Waals surface area contributed by atoms with Gasteiger partial charge in [-0.2, -0.15) is 0 Å². The van der Waals surface area contributed by atoms with Crippen LogP contribution in [0.1, 0.15) is 10.4 Å². The molecule has 2 aromatic rings. The van der Waals surface area contributed by atoms with Crippen molar-refractivity contribution >= 4 is 49.2 Å². The van der Waals surface area contributed by atoms with Crippen LogP contribution in [0.4, 0.5) is 11.4 Å². The standard InChI is InChI=1S/C13H10Br2N2O2/c1-19-13(18)8-2-4-9(5-3-8)16-10-6-11(14)17-12(15)7-10/h2-7H,1H3,(H,16,17). The van der Waals surface area contributed by atoms with Gasteiger partial charge in [0.1, 0.15) is 9.21 Å². The predicted octanol–water partition coefficient (Wildman–Crippen LogP) is 4.14. The first-order valence-electron chi connectivity index (χ1n) is 5.37.